The average Bonchev–Trinajstić information content (AvgIpc) is 3.01. The molecule has 1 aromatic heterocycles. The van der Waals surface area contributed by atoms with Crippen LogP contribution in [0, 0.1) is 0 Å². The number of benzene rings is 1. The fourth-order valence-corrected chi connectivity index (χ4v) is 3.28. The topological polar surface area (TPSA) is 62.6 Å². The van der Waals surface area contributed by atoms with Crippen LogP contribution < -0.4 is 5.32 Å². The van der Waals surface area contributed by atoms with Gasteiger partial charge in [0.15, 0.2) is 0 Å². The number of ether oxygens (including phenoxy) is 1. The van der Waals surface area contributed by atoms with Crippen molar-refractivity contribution < 1.29 is 18.3 Å². The van der Waals surface area contributed by atoms with E-state index in [1.165, 1.54) is 0 Å². The second-order valence-corrected chi connectivity index (χ2v) is 6.56. The molecule has 0 aliphatic carbocycles. The second kappa shape index (κ2) is 9.20. The van der Waals surface area contributed by atoms with Gasteiger partial charge < -0.3 is 10.1 Å². The van der Waals surface area contributed by atoms with Crippen molar-refractivity contribution in [3.63, 3.8) is 0 Å². The Morgan fingerprint density at radius 1 is 1.22 bits per heavy atom. The number of nitrogens with one attached hydrogen (secondary N) is 1. The average molecular weight is 381 g/mol. The van der Waals surface area contributed by atoms with Gasteiger partial charge in [-0.25, -0.2) is 4.98 Å². The molecule has 1 aliphatic heterocycles. The molecular weight excluding hydrogens is 356 g/mol. The standard InChI is InChI=1S/C18H25F2N5O2/c1-27-11-6-21-17(26)13-24-9-7-23(8-10-24)12-16-22-14-4-2-3-5-15(14)25(16)18(19)20/h2-5,18H,6-13H2,1H3,(H,21,26). The summed E-state index contributed by atoms with van der Waals surface area (Å²) in [7, 11) is 1.59. The molecule has 0 atom stereocenters. The van der Waals surface area contributed by atoms with Gasteiger partial charge in [-0.3, -0.25) is 19.2 Å². The summed E-state index contributed by atoms with van der Waals surface area (Å²) in [5, 5.41) is 2.80. The zero-order valence-corrected chi connectivity index (χ0v) is 15.4. The van der Waals surface area contributed by atoms with Gasteiger partial charge in [-0.2, -0.15) is 8.78 Å². The summed E-state index contributed by atoms with van der Waals surface area (Å²) in [6.07, 6.45) is 0. The summed E-state index contributed by atoms with van der Waals surface area (Å²) >= 11 is 0. The van der Waals surface area contributed by atoms with Gasteiger partial charge in [0.25, 0.3) is 0 Å². The van der Waals surface area contributed by atoms with Crippen molar-refractivity contribution in [1.29, 1.82) is 0 Å². The van der Waals surface area contributed by atoms with Crippen molar-refractivity contribution in [2.75, 3.05) is 53.0 Å². The number of aromatic nitrogens is 2. The van der Waals surface area contributed by atoms with Gasteiger partial charge in [0.05, 0.1) is 30.7 Å². The Bertz CT molecular complexity index is 759. The van der Waals surface area contributed by atoms with E-state index >= 15 is 0 Å². The first-order valence-corrected chi connectivity index (χ1v) is 9.03. The number of hydrogen-bond donors (Lipinski definition) is 1. The van der Waals surface area contributed by atoms with E-state index < -0.39 is 6.55 Å². The minimum Gasteiger partial charge on any atom is -0.383 e. The van der Waals surface area contributed by atoms with Crippen LogP contribution >= 0.6 is 0 Å². The van der Waals surface area contributed by atoms with E-state index in [1.54, 1.807) is 31.4 Å². The van der Waals surface area contributed by atoms with E-state index in [2.05, 4.69) is 20.1 Å². The Labute approximate surface area is 156 Å². The number of hydrogen-bond acceptors (Lipinski definition) is 5. The van der Waals surface area contributed by atoms with Gasteiger partial charge >= 0.3 is 6.55 Å². The number of amides is 1. The van der Waals surface area contributed by atoms with E-state index in [4.69, 9.17) is 4.74 Å². The van der Waals surface area contributed by atoms with Crippen LogP contribution in [0.25, 0.3) is 11.0 Å². The zero-order chi connectivity index (χ0) is 19.2. The Morgan fingerprint density at radius 2 is 1.93 bits per heavy atom. The highest BCUT2D eigenvalue weighted by atomic mass is 19.3. The smallest absolute Gasteiger partial charge is 0.320 e. The van der Waals surface area contributed by atoms with Crippen LogP contribution in [-0.4, -0.2) is 78.2 Å². The van der Waals surface area contributed by atoms with Crippen LogP contribution in [0.5, 0.6) is 0 Å². The van der Waals surface area contributed by atoms with E-state index in [9.17, 15) is 13.6 Å². The van der Waals surface area contributed by atoms with Gasteiger partial charge in [0.1, 0.15) is 5.82 Å². The molecule has 1 saturated heterocycles. The predicted octanol–water partition coefficient (Wildman–Crippen LogP) is 1.31. The maximum Gasteiger partial charge on any atom is 0.320 e. The van der Waals surface area contributed by atoms with E-state index in [1.807, 2.05) is 0 Å². The Kier molecular flexibility index (Phi) is 6.70. The number of methoxy groups -OCH3 is 1. The monoisotopic (exact) mass is 381 g/mol. The number of para-hydroxylation sites is 2. The van der Waals surface area contributed by atoms with Crippen LogP contribution in [0.1, 0.15) is 12.4 Å². The first-order valence-electron chi connectivity index (χ1n) is 9.03. The summed E-state index contributed by atoms with van der Waals surface area (Å²) in [5.41, 5.74) is 1.04. The quantitative estimate of drug-likeness (QED) is 0.699. The lowest BCUT2D eigenvalue weighted by atomic mass is 10.3. The third-order valence-electron chi connectivity index (χ3n) is 4.69. The molecular formula is C18H25F2N5O2. The molecule has 3 rings (SSSR count). The molecule has 1 amide bonds. The SMILES string of the molecule is COCCNC(=O)CN1CCN(Cc2nc3ccccc3n2C(F)F)CC1. The molecule has 1 aliphatic rings. The number of imidazole rings is 1. The molecule has 1 fully saturated rings. The first kappa shape index (κ1) is 19.7. The fraction of sp³-hybridized carbons (Fsp3) is 0.556. The van der Waals surface area contributed by atoms with Gasteiger partial charge in [-0.15, -0.1) is 0 Å². The second-order valence-electron chi connectivity index (χ2n) is 6.56. The predicted molar refractivity (Wildman–Crippen MR) is 97.6 cm³/mol. The molecule has 1 N–H and O–H groups in total. The number of fused-ring (bicyclic) bond motifs is 1. The number of halogens is 2. The normalized spacial score (nSPS) is 16.3. The Hall–Kier alpha value is -2.10. The highest BCUT2D eigenvalue weighted by Crippen LogP contribution is 2.24. The summed E-state index contributed by atoms with van der Waals surface area (Å²) in [6, 6.07) is 6.95. The van der Waals surface area contributed by atoms with Crippen LogP contribution in [0.2, 0.25) is 0 Å². The highest BCUT2D eigenvalue weighted by Gasteiger charge is 2.23. The van der Waals surface area contributed by atoms with E-state index in [0.717, 1.165) is 4.57 Å². The Morgan fingerprint density at radius 3 is 2.63 bits per heavy atom. The number of carbonyl (C=O) groups is 1. The van der Waals surface area contributed by atoms with Crippen LogP contribution in [-0.2, 0) is 16.1 Å². The number of alkyl halides is 2. The molecule has 2 heterocycles. The van der Waals surface area contributed by atoms with Crippen LogP contribution in [0.4, 0.5) is 8.78 Å². The van der Waals surface area contributed by atoms with Crippen molar-refractivity contribution >= 4 is 16.9 Å². The third-order valence-corrected chi connectivity index (χ3v) is 4.69. The molecule has 0 spiro atoms. The molecule has 9 heteroatoms. The highest BCUT2D eigenvalue weighted by molar-refractivity contribution is 5.78. The summed E-state index contributed by atoms with van der Waals surface area (Å²) in [5.74, 6) is 0.344. The maximum atomic E-state index is 13.5. The van der Waals surface area contributed by atoms with E-state index in [0.29, 0.717) is 69.3 Å². The lowest BCUT2D eigenvalue weighted by Crippen LogP contribution is -2.49. The van der Waals surface area contributed by atoms with Gasteiger partial charge in [0, 0.05) is 39.8 Å². The molecule has 0 unspecified atom stereocenters. The van der Waals surface area contributed by atoms with Crippen molar-refractivity contribution in [3.8, 4) is 0 Å². The zero-order valence-electron chi connectivity index (χ0n) is 15.4. The van der Waals surface area contributed by atoms with Crippen molar-refractivity contribution in [3.05, 3.63) is 30.1 Å². The number of carbonyl (C=O) groups excluding carboxylic acids is 1. The lowest BCUT2D eigenvalue weighted by Gasteiger charge is -2.34. The summed E-state index contributed by atoms with van der Waals surface area (Å²) in [6.45, 7) is 1.92. The first-order chi connectivity index (χ1) is 13.1. The van der Waals surface area contributed by atoms with Gasteiger partial charge in [0.2, 0.25) is 5.91 Å². The van der Waals surface area contributed by atoms with Crippen LogP contribution in [0.15, 0.2) is 24.3 Å². The molecule has 2 aromatic rings. The van der Waals surface area contributed by atoms with Crippen molar-refractivity contribution in [2.45, 2.75) is 13.1 Å². The van der Waals surface area contributed by atoms with Gasteiger partial charge in [-0.05, 0) is 12.1 Å². The Balaban J connectivity index is 1.54. The molecule has 0 bridgehead atoms. The number of piperazine rings is 1. The molecule has 27 heavy (non-hydrogen) atoms. The molecule has 0 saturated carbocycles. The molecule has 1 aromatic carbocycles. The van der Waals surface area contributed by atoms with Crippen molar-refractivity contribution in [2.24, 2.45) is 0 Å². The lowest BCUT2D eigenvalue weighted by molar-refractivity contribution is -0.122. The molecule has 7 nitrogen and oxygen atoms in total. The van der Waals surface area contributed by atoms with Gasteiger partial charge in [-0.1, -0.05) is 12.1 Å². The minimum absolute atomic E-state index is 0.0278. The molecule has 148 valence electrons. The van der Waals surface area contributed by atoms with E-state index in [-0.39, 0.29) is 5.91 Å². The number of rotatable bonds is 8. The van der Waals surface area contributed by atoms with Crippen LogP contribution in [0.3, 0.4) is 0 Å². The summed E-state index contributed by atoms with van der Waals surface area (Å²) in [4.78, 5) is 20.4. The number of nitrogens with zero attached hydrogens (tertiary/aromatic N) is 4. The minimum atomic E-state index is -2.62. The third kappa shape index (κ3) is 5.00. The summed E-state index contributed by atoms with van der Waals surface area (Å²) < 4.78 is 33.0. The fourth-order valence-electron chi connectivity index (χ4n) is 3.28. The maximum absolute atomic E-state index is 13.5. The largest absolute Gasteiger partial charge is 0.383 e. The molecule has 0 radical (unpaired) electrons. The van der Waals surface area contributed by atoms with Crippen molar-refractivity contribution in [1.82, 2.24) is 24.7 Å².